The number of rotatable bonds is 7. The summed E-state index contributed by atoms with van der Waals surface area (Å²) in [7, 11) is 0. The van der Waals surface area contributed by atoms with E-state index in [4.69, 9.17) is 9.26 Å². The third-order valence-corrected chi connectivity index (χ3v) is 7.32. The second-order valence-electron chi connectivity index (χ2n) is 8.83. The number of thiophene rings is 1. The van der Waals surface area contributed by atoms with Crippen molar-refractivity contribution in [2.45, 2.75) is 39.0 Å². The van der Waals surface area contributed by atoms with E-state index in [1.54, 1.807) is 24.3 Å². The lowest BCUT2D eigenvalue weighted by Crippen LogP contribution is -2.35. The first kappa shape index (κ1) is 22.3. The molecule has 1 aromatic carbocycles. The van der Waals surface area contributed by atoms with E-state index in [9.17, 15) is 9.59 Å². The number of hydrogen-bond acceptors (Lipinski definition) is 7. The zero-order valence-electron chi connectivity index (χ0n) is 19.3. The Bertz CT molecular complexity index is 1390. The van der Waals surface area contributed by atoms with Gasteiger partial charge >= 0.3 is 5.97 Å². The number of hydrogen-bond donors (Lipinski definition) is 1. The summed E-state index contributed by atoms with van der Waals surface area (Å²) in [6.07, 6.45) is 2.06. The zero-order valence-corrected chi connectivity index (χ0v) is 20.1. The van der Waals surface area contributed by atoms with Gasteiger partial charge in [-0.3, -0.25) is 4.79 Å². The van der Waals surface area contributed by atoms with Crippen molar-refractivity contribution in [3.63, 3.8) is 0 Å². The monoisotopic (exact) mass is 475 g/mol. The van der Waals surface area contributed by atoms with E-state index in [2.05, 4.69) is 27.6 Å². The summed E-state index contributed by atoms with van der Waals surface area (Å²) in [4.78, 5) is 32.3. The second-order valence-corrected chi connectivity index (χ2v) is 10.3. The summed E-state index contributed by atoms with van der Waals surface area (Å²) in [6.45, 7) is 5.95. The van der Waals surface area contributed by atoms with Crippen molar-refractivity contribution in [3.8, 4) is 11.3 Å². The van der Waals surface area contributed by atoms with Crippen molar-refractivity contribution >= 4 is 34.3 Å². The molecule has 0 saturated heterocycles. The van der Waals surface area contributed by atoms with Crippen LogP contribution in [0.3, 0.4) is 0 Å². The predicted molar refractivity (Wildman–Crippen MR) is 130 cm³/mol. The molecule has 3 heterocycles. The Morgan fingerprint density at radius 3 is 2.59 bits per heavy atom. The molecule has 174 valence electrons. The molecule has 1 aliphatic rings. The van der Waals surface area contributed by atoms with Gasteiger partial charge in [0.15, 0.2) is 6.61 Å². The van der Waals surface area contributed by atoms with Gasteiger partial charge in [0.2, 0.25) is 0 Å². The molecule has 1 saturated carbocycles. The largest absolute Gasteiger partial charge is 0.452 e. The smallest absolute Gasteiger partial charge is 0.339 e. The first-order valence-corrected chi connectivity index (χ1v) is 12.0. The Labute approximate surface area is 201 Å². The lowest BCUT2D eigenvalue weighted by atomic mass is 9.96. The van der Waals surface area contributed by atoms with E-state index in [0.29, 0.717) is 23.3 Å². The maximum Gasteiger partial charge on any atom is 0.339 e. The van der Waals surface area contributed by atoms with Gasteiger partial charge in [-0.2, -0.15) is 0 Å². The molecule has 5 rings (SSSR count). The maximum atomic E-state index is 13.0. The lowest BCUT2D eigenvalue weighted by Gasteiger charge is -2.16. The van der Waals surface area contributed by atoms with Gasteiger partial charge in [0.25, 0.3) is 11.6 Å². The van der Waals surface area contributed by atoms with Gasteiger partial charge in [0.1, 0.15) is 0 Å². The van der Waals surface area contributed by atoms with Crippen LogP contribution in [0.5, 0.6) is 0 Å². The molecule has 1 fully saturated rings. The van der Waals surface area contributed by atoms with Crippen LogP contribution in [0.2, 0.25) is 0 Å². The minimum atomic E-state index is -0.608. The molecule has 3 aromatic heterocycles. The Kier molecular flexibility index (Phi) is 5.69. The van der Waals surface area contributed by atoms with Crippen LogP contribution in [-0.4, -0.2) is 35.2 Å². The Hall–Kier alpha value is -3.52. The predicted octanol–water partition coefficient (Wildman–Crippen LogP) is 4.88. The molecule has 0 aliphatic heterocycles. The molecule has 1 amide bonds. The number of aryl methyl sites for hydroxylation is 3. The standard InChI is InChI=1S/C26H25N3O4S/c1-15-11-19(17(3)34-15)21-12-20(23-16(2)29-33-24(23)28-21)25(31)32-13-22(30)27-14-26(9-10-26)18-7-5-4-6-8-18/h4-8,11-12H,9-10,13-14H2,1-3H3,(H,27,30). The van der Waals surface area contributed by atoms with Crippen molar-refractivity contribution in [1.82, 2.24) is 15.5 Å². The highest BCUT2D eigenvalue weighted by Crippen LogP contribution is 2.47. The fraction of sp³-hybridized carbons (Fsp3) is 0.308. The molecule has 0 atom stereocenters. The summed E-state index contributed by atoms with van der Waals surface area (Å²) in [6, 6.07) is 13.9. The van der Waals surface area contributed by atoms with E-state index in [1.165, 1.54) is 5.56 Å². The van der Waals surface area contributed by atoms with Crippen molar-refractivity contribution in [3.05, 3.63) is 69.0 Å². The molecular weight excluding hydrogens is 450 g/mol. The van der Waals surface area contributed by atoms with E-state index in [-0.39, 0.29) is 29.2 Å². The van der Waals surface area contributed by atoms with Crippen molar-refractivity contribution in [1.29, 1.82) is 0 Å². The molecule has 7 nitrogen and oxygen atoms in total. The van der Waals surface area contributed by atoms with Gasteiger partial charge in [-0.05, 0) is 51.3 Å². The summed E-state index contributed by atoms with van der Waals surface area (Å²) in [5.74, 6) is -0.934. The Morgan fingerprint density at radius 2 is 1.91 bits per heavy atom. The molecule has 4 aromatic rings. The van der Waals surface area contributed by atoms with Crippen LogP contribution in [0.1, 0.15) is 44.2 Å². The average molecular weight is 476 g/mol. The number of carbonyl (C=O) groups excluding carboxylic acids is 2. The summed E-state index contributed by atoms with van der Waals surface area (Å²) in [5.41, 5.74) is 3.86. The molecule has 1 N–H and O–H groups in total. The highest BCUT2D eigenvalue weighted by molar-refractivity contribution is 7.12. The van der Waals surface area contributed by atoms with E-state index >= 15 is 0 Å². The van der Waals surface area contributed by atoms with Crippen LogP contribution in [0.25, 0.3) is 22.4 Å². The Balaban J connectivity index is 1.30. The van der Waals surface area contributed by atoms with Crippen molar-refractivity contribution in [2.24, 2.45) is 0 Å². The number of pyridine rings is 1. The number of benzene rings is 1. The molecular formula is C26H25N3O4S. The number of fused-ring (bicyclic) bond motifs is 1. The van der Waals surface area contributed by atoms with Crippen molar-refractivity contribution in [2.75, 3.05) is 13.2 Å². The number of esters is 1. The van der Waals surface area contributed by atoms with Gasteiger partial charge in [-0.15, -0.1) is 11.3 Å². The highest BCUT2D eigenvalue weighted by atomic mass is 32.1. The summed E-state index contributed by atoms with van der Waals surface area (Å²) >= 11 is 1.66. The van der Waals surface area contributed by atoms with E-state index < -0.39 is 5.97 Å². The average Bonchev–Trinajstić information content (AvgIpc) is 3.44. The van der Waals surface area contributed by atoms with Gasteiger partial charge in [0.05, 0.1) is 22.3 Å². The summed E-state index contributed by atoms with van der Waals surface area (Å²) < 4.78 is 10.7. The molecule has 8 heteroatoms. The minimum absolute atomic E-state index is 0.0107. The van der Waals surface area contributed by atoms with Gasteiger partial charge in [-0.25, -0.2) is 9.78 Å². The van der Waals surface area contributed by atoms with Crippen LogP contribution in [-0.2, 0) is 14.9 Å². The van der Waals surface area contributed by atoms with Gasteiger partial charge in [0, 0.05) is 27.3 Å². The molecule has 0 spiro atoms. The molecule has 34 heavy (non-hydrogen) atoms. The normalized spacial score (nSPS) is 14.2. The van der Waals surface area contributed by atoms with Gasteiger partial charge < -0.3 is 14.6 Å². The quantitative estimate of drug-likeness (QED) is 0.383. The van der Waals surface area contributed by atoms with E-state index in [1.807, 2.05) is 38.1 Å². The zero-order chi connectivity index (χ0) is 23.9. The summed E-state index contributed by atoms with van der Waals surface area (Å²) in [5, 5.41) is 7.39. The third-order valence-electron chi connectivity index (χ3n) is 6.35. The van der Waals surface area contributed by atoms with Gasteiger partial charge in [-0.1, -0.05) is 35.5 Å². The number of carbonyl (C=O) groups is 2. The van der Waals surface area contributed by atoms with Crippen LogP contribution >= 0.6 is 11.3 Å². The molecule has 0 radical (unpaired) electrons. The fourth-order valence-electron chi connectivity index (χ4n) is 4.32. The van der Waals surface area contributed by atoms with Crippen LogP contribution in [0.15, 0.2) is 47.0 Å². The number of nitrogens with one attached hydrogen (secondary N) is 1. The second kappa shape index (κ2) is 8.68. The van der Waals surface area contributed by atoms with Crippen LogP contribution in [0.4, 0.5) is 0 Å². The Morgan fingerprint density at radius 1 is 1.15 bits per heavy atom. The minimum Gasteiger partial charge on any atom is -0.452 e. The van der Waals surface area contributed by atoms with Crippen LogP contribution in [0, 0.1) is 20.8 Å². The molecule has 0 bridgehead atoms. The number of ether oxygens (including phenoxy) is 1. The number of aromatic nitrogens is 2. The SMILES string of the molecule is Cc1cc(-c2cc(C(=O)OCC(=O)NCC3(c4ccccc4)CC3)c3c(C)noc3n2)c(C)s1. The van der Waals surface area contributed by atoms with Crippen LogP contribution < -0.4 is 5.32 Å². The fourth-order valence-corrected chi connectivity index (χ4v) is 5.25. The number of nitrogens with zero attached hydrogens (tertiary/aromatic N) is 2. The topological polar surface area (TPSA) is 94.3 Å². The highest BCUT2D eigenvalue weighted by Gasteiger charge is 2.44. The molecule has 0 unspecified atom stereocenters. The number of amides is 1. The van der Waals surface area contributed by atoms with Crippen molar-refractivity contribution < 1.29 is 18.8 Å². The third kappa shape index (κ3) is 4.21. The maximum absolute atomic E-state index is 13.0. The first-order valence-electron chi connectivity index (χ1n) is 11.2. The first-order chi connectivity index (χ1) is 16.4. The lowest BCUT2D eigenvalue weighted by molar-refractivity contribution is -0.124. The molecule has 1 aliphatic carbocycles. The van der Waals surface area contributed by atoms with E-state index in [0.717, 1.165) is 28.2 Å².